The van der Waals surface area contributed by atoms with Crippen molar-refractivity contribution in [3.63, 3.8) is 0 Å². The summed E-state index contributed by atoms with van der Waals surface area (Å²) in [5.41, 5.74) is -0.0108. The van der Waals surface area contributed by atoms with E-state index in [1.54, 1.807) is 26.3 Å². The summed E-state index contributed by atoms with van der Waals surface area (Å²) in [6, 6.07) is 7.48. The zero-order chi connectivity index (χ0) is 21.1. The predicted octanol–water partition coefficient (Wildman–Crippen LogP) is 2.49. The Hall–Kier alpha value is -2.77. The Bertz CT molecular complexity index is 920. The van der Waals surface area contributed by atoms with Crippen LogP contribution in [-0.4, -0.2) is 52.0 Å². The maximum Gasteiger partial charge on any atom is 0.345 e. The molecule has 1 saturated heterocycles. The van der Waals surface area contributed by atoms with E-state index < -0.39 is 0 Å². The molecule has 8 nitrogen and oxygen atoms in total. The van der Waals surface area contributed by atoms with E-state index in [0.717, 1.165) is 37.3 Å². The molecule has 0 atom stereocenters. The molecule has 1 aliphatic carbocycles. The quantitative estimate of drug-likeness (QED) is 0.726. The van der Waals surface area contributed by atoms with Crippen LogP contribution >= 0.6 is 0 Å². The molecule has 8 heteroatoms. The van der Waals surface area contributed by atoms with Crippen LogP contribution in [0.1, 0.15) is 56.3 Å². The summed E-state index contributed by atoms with van der Waals surface area (Å²) in [6.45, 7) is 1.34. The zero-order valence-corrected chi connectivity index (χ0v) is 17.7. The lowest BCUT2D eigenvalue weighted by atomic mass is 9.95. The van der Waals surface area contributed by atoms with Gasteiger partial charge in [-0.3, -0.25) is 9.36 Å². The van der Waals surface area contributed by atoms with Crippen molar-refractivity contribution in [3.05, 3.63) is 40.6 Å². The topological polar surface area (TPSA) is 78.6 Å². The van der Waals surface area contributed by atoms with Crippen LogP contribution in [0.25, 0.3) is 0 Å². The molecule has 162 valence electrons. The van der Waals surface area contributed by atoms with Gasteiger partial charge in [-0.05, 0) is 49.9 Å². The largest absolute Gasteiger partial charge is 0.497 e. The first kappa shape index (κ1) is 20.5. The van der Waals surface area contributed by atoms with E-state index in [9.17, 15) is 9.59 Å². The van der Waals surface area contributed by atoms with E-state index >= 15 is 0 Å². The van der Waals surface area contributed by atoms with E-state index in [1.807, 2.05) is 21.6 Å². The number of likely N-dealkylation sites (tertiary alicyclic amines) is 1. The number of benzene rings is 1. The summed E-state index contributed by atoms with van der Waals surface area (Å²) < 4.78 is 14.2. The lowest BCUT2D eigenvalue weighted by Crippen LogP contribution is -2.41. The molecular weight excluding hydrogens is 384 g/mol. The Morgan fingerprint density at radius 2 is 1.70 bits per heavy atom. The van der Waals surface area contributed by atoms with Gasteiger partial charge in [-0.25, -0.2) is 9.48 Å². The van der Waals surface area contributed by atoms with Crippen LogP contribution in [0.3, 0.4) is 0 Å². The Kier molecular flexibility index (Phi) is 6.11. The molecule has 4 rings (SSSR count). The Labute approximate surface area is 176 Å². The molecule has 0 bridgehead atoms. The summed E-state index contributed by atoms with van der Waals surface area (Å²) in [4.78, 5) is 27.0. The minimum Gasteiger partial charge on any atom is -0.497 e. The van der Waals surface area contributed by atoms with Crippen molar-refractivity contribution < 1.29 is 14.3 Å². The van der Waals surface area contributed by atoms with Crippen molar-refractivity contribution >= 4 is 5.91 Å². The number of nitrogens with zero attached hydrogens (tertiary/aromatic N) is 4. The van der Waals surface area contributed by atoms with E-state index in [1.165, 1.54) is 17.5 Å². The number of hydrogen-bond donors (Lipinski definition) is 0. The highest BCUT2D eigenvalue weighted by atomic mass is 16.5. The Morgan fingerprint density at radius 1 is 1.07 bits per heavy atom. The Morgan fingerprint density at radius 3 is 2.33 bits per heavy atom. The van der Waals surface area contributed by atoms with Crippen LogP contribution in [0.15, 0.2) is 29.1 Å². The third-order valence-electron chi connectivity index (χ3n) is 6.31. The maximum absolute atomic E-state index is 12.6. The third-order valence-corrected chi connectivity index (χ3v) is 6.31. The van der Waals surface area contributed by atoms with Crippen molar-refractivity contribution in [2.24, 2.45) is 7.05 Å². The number of aromatic nitrogens is 3. The second kappa shape index (κ2) is 8.93. The van der Waals surface area contributed by atoms with Crippen LogP contribution in [0.2, 0.25) is 0 Å². The van der Waals surface area contributed by atoms with Gasteiger partial charge in [0.25, 0.3) is 5.91 Å². The smallest absolute Gasteiger partial charge is 0.345 e. The summed E-state index contributed by atoms with van der Waals surface area (Å²) in [5.74, 6) is 2.50. The number of piperidine rings is 1. The first-order chi connectivity index (χ1) is 14.6. The van der Waals surface area contributed by atoms with Gasteiger partial charge in [0.05, 0.1) is 7.11 Å². The van der Waals surface area contributed by atoms with Gasteiger partial charge in [-0.1, -0.05) is 12.8 Å². The van der Waals surface area contributed by atoms with E-state index in [4.69, 9.17) is 9.47 Å². The predicted molar refractivity (Wildman–Crippen MR) is 112 cm³/mol. The second-order valence-corrected chi connectivity index (χ2v) is 8.19. The summed E-state index contributed by atoms with van der Waals surface area (Å²) in [6.07, 6.45) is 6.09. The van der Waals surface area contributed by atoms with E-state index in [2.05, 4.69) is 5.10 Å². The molecule has 0 spiro atoms. The van der Waals surface area contributed by atoms with Crippen molar-refractivity contribution in [2.45, 2.75) is 50.5 Å². The highest BCUT2D eigenvalue weighted by molar-refractivity contribution is 5.77. The molecule has 0 N–H and O–H groups in total. The normalized spacial score (nSPS) is 18.0. The number of ether oxygens (including phenoxy) is 2. The number of carbonyl (C=O) groups is 1. The van der Waals surface area contributed by atoms with Crippen LogP contribution < -0.4 is 15.2 Å². The number of amides is 1. The molecule has 1 aliphatic heterocycles. The van der Waals surface area contributed by atoms with E-state index in [-0.39, 0.29) is 30.2 Å². The second-order valence-electron chi connectivity index (χ2n) is 8.19. The summed E-state index contributed by atoms with van der Waals surface area (Å²) in [5, 5.41) is 4.57. The number of aryl methyl sites for hydroxylation is 1. The van der Waals surface area contributed by atoms with Gasteiger partial charge in [0.2, 0.25) is 0 Å². The van der Waals surface area contributed by atoms with Gasteiger partial charge in [-0.15, -0.1) is 0 Å². The summed E-state index contributed by atoms with van der Waals surface area (Å²) in [7, 11) is 3.34. The average Bonchev–Trinajstić information content (AvgIpc) is 3.41. The standard InChI is InChI=1S/C22H30N4O4/c1-24-22(28)26(17-5-3-4-6-17)21(23-24)16-11-13-25(14-12-16)20(27)15-30-19-9-7-18(29-2)8-10-19/h7-10,16-17H,3-6,11-15H2,1-2H3. The minimum atomic E-state index is -0.0153. The number of methoxy groups -OCH3 is 1. The van der Waals surface area contributed by atoms with Crippen molar-refractivity contribution in [2.75, 3.05) is 26.8 Å². The molecule has 0 unspecified atom stereocenters. The van der Waals surface area contributed by atoms with E-state index in [0.29, 0.717) is 18.8 Å². The molecule has 0 radical (unpaired) electrons. The molecule has 2 heterocycles. The van der Waals surface area contributed by atoms with Gasteiger partial charge in [0.15, 0.2) is 6.61 Å². The fourth-order valence-corrected chi connectivity index (χ4v) is 4.58. The van der Waals surface area contributed by atoms with Crippen LogP contribution in [0.4, 0.5) is 0 Å². The molecule has 1 amide bonds. The molecule has 1 aromatic heterocycles. The van der Waals surface area contributed by atoms with Crippen LogP contribution in [-0.2, 0) is 11.8 Å². The average molecular weight is 415 g/mol. The molecule has 2 fully saturated rings. The van der Waals surface area contributed by atoms with Crippen molar-refractivity contribution in [1.29, 1.82) is 0 Å². The fraction of sp³-hybridized carbons (Fsp3) is 0.591. The highest BCUT2D eigenvalue weighted by Gasteiger charge is 2.31. The lowest BCUT2D eigenvalue weighted by molar-refractivity contribution is -0.134. The minimum absolute atomic E-state index is 0.0108. The molecule has 2 aliphatic rings. The molecule has 2 aromatic rings. The number of rotatable bonds is 6. The van der Waals surface area contributed by atoms with Gasteiger partial charge >= 0.3 is 5.69 Å². The van der Waals surface area contributed by atoms with Gasteiger partial charge in [0, 0.05) is 32.1 Å². The third kappa shape index (κ3) is 4.22. The number of carbonyl (C=O) groups excluding carboxylic acids is 1. The monoisotopic (exact) mass is 414 g/mol. The highest BCUT2D eigenvalue weighted by Crippen LogP contribution is 2.33. The lowest BCUT2D eigenvalue weighted by Gasteiger charge is -2.32. The van der Waals surface area contributed by atoms with Gasteiger partial charge in [0.1, 0.15) is 17.3 Å². The Balaban J connectivity index is 1.34. The van der Waals surface area contributed by atoms with Crippen molar-refractivity contribution in [3.8, 4) is 11.5 Å². The SMILES string of the molecule is COc1ccc(OCC(=O)N2CCC(c3nn(C)c(=O)n3C3CCCC3)CC2)cc1. The van der Waals surface area contributed by atoms with Crippen LogP contribution in [0, 0.1) is 0 Å². The first-order valence-electron chi connectivity index (χ1n) is 10.8. The van der Waals surface area contributed by atoms with Crippen LogP contribution in [0.5, 0.6) is 11.5 Å². The molecular formula is C22H30N4O4. The molecule has 1 saturated carbocycles. The maximum atomic E-state index is 12.6. The van der Waals surface area contributed by atoms with Gasteiger partial charge < -0.3 is 14.4 Å². The summed E-state index contributed by atoms with van der Waals surface area (Å²) >= 11 is 0. The zero-order valence-electron chi connectivity index (χ0n) is 17.7. The molecule has 1 aromatic carbocycles. The number of hydrogen-bond acceptors (Lipinski definition) is 5. The van der Waals surface area contributed by atoms with Crippen molar-refractivity contribution in [1.82, 2.24) is 19.2 Å². The first-order valence-corrected chi connectivity index (χ1v) is 10.8. The fourth-order valence-electron chi connectivity index (χ4n) is 4.58. The molecule has 30 heavy (non-hydrogen) atoms. The van der Waals surface area contributed by atoms with Gasteiger partial charge in [-0.2, -0.15) is 5.10 Å².